The Morgan fingerprint density at radius 3 is 2.09 bits per heavy atom. The van der Waals surface area contributed by atoms with Gasteiger partial charge < -0.3 is 10.2 Å². The van der Waals surface area contributed by atoms with Crippen LogP contribution in [0, 0.1) is 17.8 Å². The third kappa shape index (κ3) is 2.53. The first-order valence-electron chi connectivity index (χ1n) is 8.60. The number of amides is 2. The Morgan fingerprint density at radius 2 is 1.64 bits per heavy atom. The van der Waals surface area contributed by atoms with Crippen molar-refractivity contribution in [3.8, 4) is 0 Å². The predicted molar refractivity (Wildman–Crippen MR) is 84.3 cm³/mol. The van der Waals surface area contributed by atoms with Crippen molar-refractivity contribution < 1.29 is 13.2 Å². The summed E-state index contributed by atoms with van der Waals surface area (Å²) in [7, 11) is -1.20. The van der Waals surface area contributed by atoms with Crippen LogP contribution in [-0.2, 0) is 9.84 Å². The van der Waals surface area contributed by atoms with Crippen LogP contribution in [-0.4, -0.2) is 49.5 Å². The van der Waals surface area contributed by atoms with Crippen LogP contribution in [0.2, 0.25) is 0 Å². The Morgan fingerprint density at radius 1 is 1.09 bits per heavy atom. The molecule has 4 aliphatic carbocycles. The van der Waals surface area contributed by atoms with Crippen LogP contribution in [0.5, 0.6) is 0 Å². The lowest BCUT2D eigenvalue weighted by Crippen LogP contribution is -2.62. The summed E-state index contributed by atoms with van der Waals surface area (Å²) in [5.74, 6) is 2.72. The highest BCUT2D eigenvalue weighted by Gasteiger charge is 2.52. The van der Waals surface area contributed by atoms with Gasteiger partial charge in [0.25, 0.3) is 0 Å². The number of nitrogens with zero attached hydrogens (tertiary/aromatic N) is 1. The summed E-state index contributed by atoms with van der Waals surface area (Å²) in [6, 6.07) is -0.219. The number of rotatable bonds is 2. The summed E-state index contributed by atoms with van der Waals surface area (Å²) in [6.07, 6.45) is 8.02. The number of carbonyl (C=O) groups is 1. The molecule has 22 heavy (non-hydrogen) atoms. The number of sulfone groups is 1. The quantitative estimate of drug-likeness (QED) is 0.841. The molecular formula is C16H26N2O3S. The van der Waals surface area contributed by atoms with Gasteiger partial charge in [-0.15, -0.1) is 0 Å². The summed E-state index contributed by atoms with van der Waals surface area (Å²) in [5, 5.41) is 3.32. The van der Waals surface area contributed by atoms with Crippen molar-refractivity contribution in [2.24, 2.45) is 17.8 Å². The summed E-state index contributed by atoms with van der Waals surface area (Å²) in [6.45, 7) is 0. The number of nitrogens with one attached hydrogen (secondary N) is 1. The third-order valence-corrected chi connectivity index (χ3v) is 8.24. The van der Waals surface area contributed by atoms with Gasteiger partial charge in [-0.25, -0.2) is 13.2 Å². The van der Waals surface area contributed by atoms with E-state index in [2.05, 4.69) is 5.32 Å². The molecule has 1 atom stereocenters. The zero-order chi connectivity index (χ0) is 15.5. The monoisotopic (exact) mass is 326 g/mol. The van der Waals surface area contributed by atoms with Crippen molar-refractivity contribution in [1.82, 2.24) is 10.2 Å². The Kier molecular flexibility index (Phi) is 3.26. The van der Waals surface area contributed by atoms with Crippen LogP contribution in [0.15, 0.2) is 0 Å². The fourth-order valence-corrected chi connectivity index (χ4v) is 7.60. The summed E-state index contributed by atoms with van der Waals surface area (Å²) < 4.78 is 23.2. The average molecular weight is 326 g/mol. The van der Waals surface area contributed by atoms with E-state index in [4.69, 9.17) is 0 Å². The predicted octanol–water partition coefficient (Wildman–Crippen LogP) is 1.78. The first-order valence-corrected chi connectivity index (χ1v) is 10.4. The van der Waals surface area contributed by atoms with E-state index < -0.39 is 9.84 Å². The molecule has 0 aromatic heterocycles. The maximum absolute atomic E-state index is 12.6. The SMILES string of the molecule is CN(C(=O)NC12CC3CC(CC(C3)C1)C2)C1CCS(=O)(=O)C1. The van der Waals surface area contributed by atoms with Gasteiger partial charge in [-0.05, 0) is 62.7 Å². The summed E-state index contributed by atoms with van der Waals surface area (Å²) in [4.78, 5) is 14.3. The lowest BCUT2D eigenvalue weighted by Gasteiger charge is -2.57. The zero-order valence-electron chi connectivity index (χ0n) is 13.3. The average Bonchev–Trinajstić information content (AvgIpc) is 2.76. The highest BCUT2D eigenvalue weighted by atomic mass is 32.2. The Hall–Kier alpha value is -0.780. The molecule has 1 heterocycles. The fraction of sp³-hybridized carbons (Fsp3) is 0.938. The molecule has 1 unspecified atom stereocenters. The van der Waals surface area contributed by atoms with Crippen molar-refractivity contribution >= 4 is 15.9 Å². The number of carbonyl (C=O) groups excluding carboxylic acids is 1. The highest BCUT2D eigenvalue weighted by molar-refractivity contribution is 7.91. The van der Waals surface area contributed by atoms with Gasteiger partial charge in [-0.3, -0.25) is 0 Å². The molecule has 5 rings (SSSR count). The minimum atomic E-state index is -2.95. The van der Waals surface area contributed by atoms with E-state index in [1.54, 1.807) is 11.9 Å². The Bertz CT molecular complexity index is 551. The number of hydrogen-bond donors (Lipinski definition) is 1. The van der Waals surface area contributed by atoms with Crippen LogP contribution in [0.1, 0.15) is 44.9 Å². The van der Waals surface area contributed by atoms with Gasteiger partial charge in [-0.1, -0.05) is 0 Å². The first-order chi connectivity index (χ1) is 10.3. The maximum Gasteiger partial charge on any atom is 0.317 e. The maximum atomic E-state index is 12.6. The van der Waals surface area contributed by atoms with E-state index in [1.807, 2.05) is 0 Å². The van der Waals surface area contributed by atoms with E-state index in [1.165, 1.54) is 19.3 Å². The molecule has 4 saturated carbocycles. The van der Waals surface area contributed by atoms with Crippen molar-refractivity contribution in [2.45, 2.75) is 56.5 Å². The third-order valence-electron chi connectivity index (χ3n) is 6.49. The number of hydrogen-bond acceptors (Lipinski definition) is 3. The van der Waals surface area contributed by atoms with Gasteiger partial charge >= 0.3 is 6.03 Å². The van der Waals surface area contributed by atoms with E-state index in [0.29, 0.717) is 6.42 Å². The van der Waals surface area contributed by atoms with E-state index >= 15 is 0 Å². The molecule has 6 heteroatoms. The van der Waals surface area contributed by atoms with Gasteiger partial charge in [-0.2, -0.15) is 0 Å². The van der Waals surface area contributed by atoms with E-state index in [0.717, 1.165) is 37.0 Å². The summed E-state index contributed by atoms with van der Waals surface area (Å²) >= 11 is 0. The lowest BCUT2D eigenvalue weighted by molar-refractivity contribution is -0.0157. The molecule has 0 radical (unpaired) electrons. The van der Waals surface area contributed by atoms with Crippen molar-refractivity contribution in [1.29, 1.82) is 0 Å². The first kappa shape index (κ1) is 14.8. The van der Waals surface area contributed by atoms with Crippen LogP contribution < -0.4 is 5.32 Å². The van der Waals surface area contributed by atoms with Crippen LogP contribution in [0.4, 0.5) is 4.79 Å². The molecule has 5 fully saturated rings. The van der Waals surface area contributed by atoms with Gasteiger partial charge in [0, 0.05) is 18.6 Å². The summed E-state index contributed by atoms with van der Waals surface area (Å²) in [5.41, 5.74) is -0.00241. The molecule has 5 nitrogen and oxygen atoms in total. The van der Waals surface area contributed by atoms with Gasteiger partial charge in [0.05, 0.1) is 11.5 Å². The van der Waals surface area contributed by atoms with Crippen LogP contribution in [0.3, 0.4) is 0 Å². The van der Waals surface area contributed by atoms with Gasteiger partial charge in [0.2, 0.25) is 0 Å². The van der Waals surface area contributed by atoms with Crippen LogP contribution in [0.25, 0.3) is 0 Å². The van der Waals surface area contributed by atoms with Crippen molar-refractivity contribution in [3.05, 3.63) is 0 Å². The molecule has 1 saturated heterocycles. The van der Waals surface area contributed by atoms with Gasteiger partial charge in [0.1, 0.15) is 0 Å². The molecule has 1 N–H and O–H groups in total. The fourth-order valence-electron chi connectivity index (χ4n) is 5.83. The second-order valence-electron chi connectivity index (χ2n) is 8.30. The lowest BCUT2D eigenvalue weighted by atomic mass is 9.53. The van der Waals surface area contributed by atoms with E-state index in [9.17, 15) is 13.2 Å². The molecule has 4 bridgehead atoms. The van der Waals surface area contributed by atoms with Gasteiger partial charge in [0.15, 0.2) is 9.84 Å². The molecule has 0 aromatic rings. The number of urea groups is 1. The highest BCUT2D eigenvalue weighted by Crippen LogP contribution is 2.55. The van der Waals surface area contributed by atoms with Crippen molar-refractivity contribution in [3.63, 3.8) is 0 Å². The van der Waals surface area contributed by atoms with Crippen molar-refractivity contribution in [2.75, 3.05) is 18.6 Å². The molecule has 5 aliphatic rings. The molecule has 2 amide bonds. The molecule has 124 valence electrons. The minimum absolute atomic E-state index is 0.00241. The molecule has 0 aromatic carbocycles. The van der Waals surface area contributed by atoms with E-state index in [-0.39, 0.29) is 29.1 Å². The smallest absolute Gasteiger partial charge is 0.317 e. The largest absolute Gasteiger partial charge is 0.333 e. The second kappa shape index (κ2) is 4.86. The molecular weight excluding hydrogens is 300 g/mol. The normalized spacial score (nSPS) is 45.0. The zero-order valence-corrected chi connectivity index (χ0v) is 14.1. The Labute approximate surface area is 132 Å². The topological polar surface area (TPSA) is 66.5 Å². The Balaban J connectivity index is 1.44. The minimum Gasteiger partial charge on any atom is -0.333 e. The standard InChI is InChI=1S/C16H26N2O3S/c1-18(14-2-3-22(20,21)10-14)15(19)17-16-7-11-4-12(8-16)6-13(5-11)9-16/h11-14H,2-10H2,1H3,(H,17,19). The molecule has 0 spiro atoms. The van der Waals surface area contributed by atoms with Crippen LogP contribution >= 0.6 is 0 Å². The molecule has 1 aliphatic heterocycles. The second-order valence-corrected chi connectivity index (χ2v) is 10.5.